The summed E-state index contributed by atoms with van der Waals surface area (Å²) in [7, 11) is -3.09. The number of benzene rings is 3. The Hall–Kier alpha value is -2.64. The zero-order valence-corrected chi connectivity index (χ0v) is 13.7. The number of fused-ring (bicyclic) bond motifs is 1. The molecule has 0 aliphatic carbocycles. The maximum atomic E-state index is 14.3. The summed E-state index contributed by atoms with van der Waals surface area (Å²) in [5.41, 5.74) is 0.776. The molecular formula is C20H15FNOP. The first-order valence-electron chi connectivity index (χ1n) is 7.68. The Balaban J connectivity index is 2.07. The van der Waals surface area contributed by atoms with Gasteiger partial charge in [0.15, 0.2) is 7.14 Å². The maximum Gasteiger partial charge on any atom is 0.173 e. The molecule has 4 rings (SSSR count). The molecule has 118 valence electrons. The molecule has 0 aliphatic rings. The fourth-order valence-electron chi connectivity index (χ4n) is 3.04. The molecule has 0 atom stereocenters. The van der Waals surface area contributed by atoms with Crippen LogP contribution in [0.3, 0.4) is 0 Å². The normalized spacial score (nSPS) is 11.7. The van der Waals surface area contributed by atoms with E-state index in [0.717, 1.165) is 16.1 Å². The van der Waals surface area contributed by atoms with Gasteiger partial charge < -0.3 is 9.55 Å². The van der Waals surface area contributed by atoms with E-state index in [-0.39, 0.29) is 5.82 Å². The van der Waals surface area contributed by atoms with Crippen LogP contribution in [-0.4, -0.2) is 4.98 Å². The number of aromatic amines is 1. The average Bonchev–Trinajstić information content (AvgIpc) is 3.06. The van der Waals surface area contributed by atoms with Crippen LogP contribution < -0.4 is 15.9 Å². The molecule has 3 aromatic carbocycles. The van der Waals surface area contributed by atoms with E-state index in [9.17, 15) is 8.96 Å². The Kier molecular flexibility index (Phi) is 3.59. The molecule has 1 aromatic heterocycles. The van der Waals surface area contributed by atoms with Crippen LogP contribution in [-0.2, 0) is 4.57 Å². The number of hydrogen-bond acceptors (Lipinski definition) is 1. The molecule has 0 radical (unpaired) electrons. The zero-order chi connectivity index (χ0) is 16.6. The van der Waals surface area contributed by atoms with Crippen molar-refractivity contribution in [2.24, 2.45) is 0 Å². The summed E-state index contributed by atoms with van der Waals surface area (Å²) >= 11 is 0. The largest absolute Gasteiger partial charge is 0.360 e. The van der Waals surface area contributed by atoms with Crippen LogP contribution in [0.1, 0.15) is 0 Å². The summed E-state index contributed by atoms with van der Waals surface area (Å²) in [6, 6.07) is 23.3. The summed E-state index contributed by atoms with van der Waals surface area (Å²) in [6.45, 7) is 0. The van der Waals surface area contributed by atoms with Gasteiger partial charge >= 0.3 is 0 Å². The van der Waals surface area contributed by atoms with Gasteiger partial charge in [-0.05, 0) is 18.2 Å². The maximum absolute atomic E-state index is 14.3. The fourth-order valence-corrected chi connectivity index (χ4v) is 5.85. The van der Waals surface area contributed by atoms with Crippen molar-refractivity contribution in [1.29, 1.82) is 0 Å². The second-order valence-electron chi connectivity index (χ2n) is 5.64. The van der Waals surface area contributed by atoms with E-state index in [2.05, 4.69) is 4.98 Å². The van der Waals surface area contributed by atoms with Gasteiger partial charge in [-0.3, -0.25) is 0 Å². The molecule has 0 spiro atoms. The van der Waals surface area contributed by atoms with Crippen molar-refractivity contribution in [3.63, 3.8) is 0 Å². The summed E-state index contributed by atoms with van der Waals surface area (Å²) in [4.78, 5) is 3.12. The second kappa shape index (κ2) is 5.77. The van der Waals surface area contributed by atoms with E-state index in [1.54, 1.807) is 12.3 Å². The van der Waals surface area contributed by atoms with Gasteiger partial charge in [-0.15, -0.1) is 0 Å². The van der Waals surface area contributed by atoms with Crippen molar-refractivity contribution in [1.82, 2.24) is 4.98 Å². The van der Waals surface area contributed by atoms with Crippen LogP contribution in [0.4, 0.5) is 4.39 Å². The first-order chi connectivity index (χ1) is 11.7. The molecule has 0 saturated heterocycles. The van der Waals surface area contributed by atoms with Gasteiger partial charge in [-0.1, -0.05) is 60.7 Å². The lowest BCUT2D eigenvalue weighted by atomic mass is 10.2. The average molecular weight is 335 g/mol. The molecule has 1 N–H and O–H groups in total. The van der Waals surface area contributed by atoms with Crippen LogP contribution in [0.2, 0.25) is 0 Å². The monoisotopic (exact) mass is 335 g/mol. The second-order valence-corrected chi connectivity index (χ2v) is 8.38. The topological polar surface area (TPSA) is 32.9 Å². The first-order valence-corrected chi connectivity index (χ1v) is 9.39. The highest BCUT2D eigenvalue weighted by molar-refractivity contribution is 7.85. The Morgan fingerprint density at radius 2 is 1.38 bits per heavy atom. The Morgan fingerprint density at radius 1 is 0.792 bits per heavy atom. The number of halogens is 1. The lowest BCUT2D eigenvalue weighted by molar-refractivity contribution is 0.592. The van der Waals surface area contributed by atoms with Gasteiger partial charge in [0.25, 0.3) is 0 Å². The van der Waals surface area contributed by atoms with Gasteiger partial charge in [-0.25, -0.2) is 4.39 Å². The molecule has 0 unspecified atom stereocenters. The third kappa shape index (κ3) is 2.29. The van der Waals surface area contributed by atoms with Gasteiger partial charge in [0, 0.05) is 33.0 Å². The van der Waals surface area contributed by atoms with E-state index >= 15 is 0 Å². The highest BCUT2D eigenvalue weighted by Crippen LogP contribution is 2.44. The minimum absolute atomic E-state index is 0.337. The predicted octanol–water partition coefficient (Wildman–Crippen LogP) is 3.95. The third-order valence-corrected chi connectivity index (χ3v) is 7.30. The van der Waals surface area contributed by atoms with Gasteiger partial charge in [-0.2, -0.15) is 0 Å². The number of aromatic nitrogens is 1. The molecule has 4 aromatic rings. The predicted molar refractivity (Wildman–Crippen MR) is 97.6 cm³/mol. The van der Waals surface area contributed by atoms with Crippen LogP contribution in [0.25, 0.3) is 10.9 Å². The summed E-state index contributed by atoms with van der Waals surface area (Å²) < 4.78 is 28.0. The lowest BCUT2D eigenvalue weighted by Gasteiger charge is -2.19. The Morgan fingerprint density at radius 3 is 1.96 bits per heavy atom. The third-order valence-electron chi connectivity index (χ3n) is 4.20. The molecule has 0 amide bonds. The summed E-state index contributed by atoms with van der Waals surface area (Å²) in [5.74, 6) is -0.337. The van der Waals surface area contributed by atoms with Crippen molar-refractivity contribution in [3.05, 3.63) is 90.9 Å². The van der Waals surface area contributed by atoms with Crippen molar-refractivity contribution in [3.8, 4) is 0 Å². The molecule has 0 fully saturated rings. The molecule has 4 heteroatoms. The molecule has 0 bridgehead atoms. The van der Waals surface area contributed by atoms with Gasteiger partial charge in [0.2, 0.25) is 0 Å². The molecule has 1 heterocycles. The summed E-state index contributed by atoms with van der Waals surface area (Å²) in [5, 5.41) is 2.77. The van der Waals surface area contributed by atoms with Crippen LogP contribution in [0.5, 0.6) is 0 Å². The highest BCUT2D eigenvalue weighted by Gasteiger charge is 2.32. The smallest absolute Gasteiger partial charge is 0.173 e. The van der Waals surface area contributed by atoms with Crippen molar-refractivity contribution >= 4 is 34.0 Å². The minimum Gasteiger partial charge on any atom is -0.360 e. The standard InChI is InChI=1S/C20H15FNOP/c21-15-11-12-19-18(13-15)20(14-22-19)24(23,16-7-3-1-4-8-16)17-9-5-2-6-10-17/h1-14,22H. The molecular weight excluding hydrogens is 320 g/mol. The fraction of sp³-hybridized carbons (Fsp3) is 0. The molecule has 2 nitrogen and oxygen atoms in total. The van der Waals surface area contributed by atoms with E-state index in [0.29, 0.717) is 10.7 Å². The van der Waals surface area contributed by atoms with Gasteiger partial charge in [0.1, 0.15) is 5.82 Å². The molecule has 24 heavy (non-hydrogen) atoms. The van der Waals surface area contributed by atoms with E-state index in [1.165, 1.54) is 12.1 Å². The Labute approximate surface area is 139 Å². The quantitative estimate of drug-likeness (QED) is 0.565. The first kappa shape index (κ1) is 14.9. The van der Waals surface area contributed by atoms with E-state index in [4.69, 9.17) is 0 Å². The number of nitrogens with one attached hydrogen (secondary N) is 1. The van der Waals surface area contributed by atoms with Crippen LogP contribution in [0, 0.1) is 5.82 Å². The van der Waals surface area contributed by atoms with Crippen molar-refractivity contribution < 1.29 is 8.96 Å². The molecule has 0 saturated carbocycles. The lowest BCUT2D eigenvalue weighted by Crippen LogP contribution is -2.24. The molecule has 0 aliphatic heterocycles. The van der Waals surface area contributed by atoms with E-state index < -0.39 is 7.14 Å². The zero-order valence-electron chi connectivity index (χ0n) is 12.8. The van der Waals surface area contributed by atoms with Crippen LogP contribution in [0.15, 0.2) is 85.1 Å². The van der Waals surface area contributed by atoms with Gasteiger partial charge in [0.05, 0.1) is 0 Å². The van der Waals surface area contributed by atoms with Crippen molar-refractivity contribution in [2.45, 2.75) is 0 Å². The highest BCUT2D eigenvalue weighted by atomic mass is 31.2. The summed E-state index contributed by atoms with van der Waals surface area (Å²) in [6.07, 6.45) is 1.74. The minimum atomic E-state index is -3.09. The van der Waals surface area contributed by atoms with Crippen molar-refractivity contribution in [2.75, 3.05) is 0 Å². The SMILES string of the molecule is O=P(c1ccccc1)(c1ccccc1)c1c[nH]c2ccc(F)cc12. The number of hydrogen-bond donors (Lipinski definition) is 1. The Bertz CT molecular complexity index is 998. The van der Waals surface area contributed by atoms with E-state index in [1.807, 2.05) is 60.7 Å². The number of H-pyrrole nitrogens is 1. The van der Waals surface area contributed by atoms with Crippen LogP contribution >= 0.6 is 7.14 Å². The number of rotatable bonds is 3.